The largest absolute Gasteiger partial charge is 0.385 e. The van der Waals surface area contributed by atoms with Crippen LogP contribution in [-0.2, 0) is 0 Å². The van der Waals surface area contributed by atoms with Gasteiger partial charge >= 0.3 is 6.03 Å². The van der Waals surface area contributed by atoms with E-state index in [-0.39, 0.29) is 11.6 Å². The smallest absolute Gasteiger partial charge is 0.345 e. The number of carbonyl (C=O) groups excluding carboxylic acids is 1. The van der Waals surface area contributed by atoms with Crippen LogP contribution in [0.4, 0.5) is 4.79 Å². The molecule has 3 atom stereocenters. The van der Waals surface area contributed by atoms with Crippen LogP contribution in [0.3, 0.4) is 0 Å². The number of carbonyl (C=O) groups is 1. The standard InChI is InChI=1S/C9H13N3O/c1-12-8(13)11-7(10)9(12)3-2-5-4-6(5)9/h5-6H,2-4H2,1H3,(H2,10,11,13). The van der Waals surface area contributed by atoms with Gasteiger partial charge in [-0.1, -0.05) is 0 Å². The summed E-state index contributed by atoms with van der Waals surface area (Å²) in [6, 6.07) is -0.162. The predicted molar refractivity (Wildman–Crippen MR) is 48.3 cm³/mol. The molecule has 4 nitrogen and oxygen atoms in total. The number of nitrogens with zero attached hydrogens (tertiary/aromatic N) is 2. The Morgan fingerprint density at radius 1 is 1.69 bits per heavy atom. The van der Waals surface area contributed by atoms with E-state index in [1.54, 1.807) is 4.90 Å². The Balaban J connectivity index is 2.06. The molecule has 70 valence electrons. The molecule has 0 radical (unpaired) electrons. The topological polar surface area (TPSA) is 58.7 Å². The molecule has 0 saturated heterocycles. The third-order valence-corrected chi connectivity index (χ3v) is 3.98. The maximum absolute atomic E-state index is 11.4. The Kier molecular flexibility index (Phi) is 1.07. The molecule has 2 saturated carbocycles. The third kappa shape index (κ3) is 0.641. The summed E-state index contributed by atoms with van der Waals surface area (Å²) in [5.74, 6) is 1.97. The van der Waals surface area contributed by atoms with Crippen LogP contribution in [0.25, 0.3) is 0 Å². The number of hydrogen-bond donors (Lipinski definition) is 1. The molecular formula is C9H13N3O. The minimum absolute atomic E-state index is 0.162. The second kappa shape index (κ2) is 1.89. The highest BCUT2D eigenvalue weighted by Gasteiger charge is 2.64. The molecule has 2 fully saturated rings. The maximum atomic E-state index is 11.4. The first-order valence-corrected chi connectivity index (χ1v) is 4.78. The summed E-state index contributed by atoms with van der Waals surface area (Å²) in [4.78, 5) is 17.0. The molecular weight excluding hydrogens is 166 g/mol. The fraction of sp³-hybridized carbons (Fsp3) is 0.778. The van der Waals surface area contributed by atoms with Gasteiger partial charge in [-0.2, -0.15) is 4.99 Å². The summed E-state index contributed by atoms with van der Waals surface area (Å²) in [6.07, 6.45) is 3.45. The molecule has 4 heteroatoms. The molecule has 0 aromatic carbocycles. The Hall–Kier alpha value is -1.06. The van der Waals surface area contributed by atoms with Gasteiger partial charge in [0.05, 0.1) is 0 Å². The fourth-order valence-electron chi connectivity index (χ4n) is 3.09. The quantitative estimate of drug-likeness (QED) is 0.591. The van der Waals surface area contributed by atoms with Crippen LogP contribution in [0.1, 0.15) is 19.3 Å². The summed E-state index contributed by atoms with van der Waals surface area (Å²) in [5.41, 5.74) is 5.68. The normalized spacial score (nSPS) is 47.0. The molecule has 2 amide bonds. The molecule has 0 bridgehead atoms. The molecule has 2 N–H and O–H groups in total. The van der Waals surface area contributed by atoms with Crippen molar-refractivity contribution in [1.82, 2.24) is 4.90 Å². The van der Waals surface area contributed by atoms with E-state index in [2.05, 4.69) is 4.99 Å². The Morgan fingerprint density at radius 3 is 2.85 bits per heavy atom. The molecule has 1 aliphatic heterocycles. The van der Waals surface area contributed by atoms with Crippen molar-refractivity contribution in [2.45, 2.75) is 24.8 Å². The molecule has 1 spiro atoms. The minimum atomic E-state index is -0.179. The first-order chi connectivity index (χ1) is 6.16. The number of amidine groups is 1. The average molecular weight is 179 g/mol. The van der Waals surface area contributed by atoms with Crippen LogP contribution in [0.5, 0.6) is 0 Å². The summed E-state index contributed by atoms with van der Waals surface area (Å²) in [6.45, 7) is 0. The predicted octanol–water partition coefficient (Wildman–Crippen LogP) is 0.578. The highest BCUT2D eigenvalue weighted by Crippen LogP contribution is 2.60. The maximum Gasteiger partial charge on any atom is 0.345 e. The summed E-state index contributed by atoms with van der Waals surface area (Å²) >= 11 is 0. The summed E-state index contributed by atoms with van der Waals surface area (Å²) < 4.78 is 0. The number of likely N-dealkylation sites (N-methyl/N-ethyl adjacent to an activating group) is 1. The Bertz CT molecular complexity index is 325. The lowest BCUT2D eigenvalue weighted by Crippen LogP contribution is -2.52. The van der Waals surface area contributed by atoms with E-state index in [1.165, 1.54) is 12.8 Å². The highest BCUT2D eigenvalue weighted by atomic mass is 16.2. The zero-order chi connectivity index (χ0) is 9.22. The van der Waals surface area contributed by atoms with Crippen LogP contribution >= 0.6 is 0 Å². The number of rotatable bonds is 0. The molecule has 0 aromatic heterocycles. The van der Waals surface area contributed by atoms with E-state index in [0.717, 1.165) is 12.3 Å². The van der Waals surface area contributed by atoms with Crippen LogP contribution in [-0.4, -0.2) is 29.4 Å². The molecule has 13 heavy (non-hydrogen) atoms. The van der Waals surface area contributed by atoms with Crippen LogP contribution in [0.15, 0.2) is 4.99 Å². The fourth-order valence-corrected chi connectivity index (χ4v) is 3.09. The monoisotopic (exact) mass is 179 g/mol. The van der Waals surface area contributed by atoms with E-state index in [4.69, 9.17) is 5.73 Å². The van der Waals surface area contributed by atoms with Crippen molar-refractivity contribution >= 4 is 11.9 Å². The minimum Gasteiger partial charge on any atom is -0.385 e. The SMILES string of the molecule is CN1C(=O)N=C(N)C12CCC1CC12. The third-order valence-electron chi connectivity index (χ3n) is 3.98. The molecule has 1 heterocycles. The molecule has 0 aromatic rings. The van der Waals surface area contributed by atoms with Gasteiger partial charge in [0.25, 0.3) is 0 Å². The van der Waals surface area contributed by atoms with Crippen LogP contribution in [0.2, 0.25) is 0 Å². The lowest BCUT2D eigenvalue weighted by molar-refractivity contribution is 0.182. The zero-order valence-corrected chi connectivity index (χ0v) is 7.66. The van der Waals surface area contributed by atoms with E-state index >= 15 is 0 Å². The van der Waals surface area contributed by atoms with Gasteiger partial charge in [-0.15, -0.1) is 0 Å². The number of urea groups is 1. The van der Waals surface area contributed by atoms with Crippen molar-refractivity contribution in [3.63, 3.8) is 0 Å². The number of hydrogen-bond acceptors (Lipinski definition) is 2. The van der Waals surface area contributed by atoms with E-state index in [9.17, 15) is 4.79 Å². The average Bonchev–Trinajstić information content (AvgIpc) is 2.74. The van der Waals surface area contributed by atoms with Crippen molar-refractivity contribution in [1.29, 1.82) is 0 Å². The lowest BCUT2D eigenvalue weighted by atomic mass is 9.91. The van der Waals surface area contributed by atoms with Crippen LogP contribution in [0, 0.1) is 11.8 Å². The van der Waals surface area contributed by atoms with Gasteiger partial charge < -0.3 is 10.6 Å². The van der Waals surface area contributed by atoms with E-state index in [1.807, 2.05) is 7.05 Å². The molecule has 3 unspecified atom stereocenters. The van der Waals surface area contributed by atoms with E-state index < -0.39 is 0 Å². The first kappa shape index (κ1) is 7.35. The highest BCUT2D eigenvalue weighted by molar-refractivity contribution is 6.06. The molecule has 3 rings (SSSR count). The van der Waals surface area contributed by atoms with Crippen molar-refractivity contribution in [3.05, 3.63) is 0 Å². The first-order valence-electron chi connectivity index (χ1n) is 4.78. The number of fused-ring (bicyclic) bond motifs is 2. The van der Waals surface area contributed by atoms with Gasteiger partial charge in [0.1, 0.15) is 11.4 Å². The Labute approximate surface area is 76.8 Å². The second-order valence-electron chi connectivity index (χ2n) is 4.40. The summed E-state index contributed by atoms with van der Waals surface area (Å²) in [5, 5.41) is 0. The van der Waals surface area contributed by atoms with Gasteiger partial charge in [-0.05, 0) is 31.1 Å². The second-order valence-corrected chi connectivity index (χ2v) is 4.40. The van der Waals surface area contributed by atoms with Crippen molar-refractivity contribution in [2.75, 3.05) is 7.05 Å². The van der Waals surface area contributed by atoms with Gasteiger partial charge in [-0.25, -0.2) is 4.79 Å². The van der Waals surface area contributed by atoms with Gasteiger partial charge in [0, 0.05) is 7.05 Å². The van der Waals surface area contributed by atoms with Gasteiger partial charge in [0.2, 0.25) is 0 Å². The Morgan fingerprint density at radius 2 is 2.46 bits per heavy atom. The number of aliphatic imine (C=N–C) groups is 1. The van der Waals surface area contributed by atoms with Crippen molar-refractivity contribution in [3.8, 4) is 0 Å². The number of nitrogens with two attached hydrogens (primary N) is 1. The molecule has 3 aliphatic rings. The zero-order valence-electron chi connectivity index (χ0n) is 7.66. The van der Waals surface area contributed by atoms with Crippen molar-refractivity contribution < 1.29 is 4.79 Å². The number of amides is 2. The van der Waals surface area contributed by atoms with E-state index in [0.29, 0.717) is 11.8 Å². The summed E-state index contributed by atoms with van der Waals surface area (Å²) in [7, 11) is 1.83. The van der Waals surface area contributed by atoms with Gasteiger partial charge in [0.15, 0.2) is 0 Å². The lowest BCUT2D eigenvalue weighted by Gasteiger charge is -2.33. The van der Waals surface area contributed by atoms with Crippen molar-refractivity contribution in [2.24, 2.45) is 22.6 Å². The molecule has 2 aliphatic carbocycles. The van der Waals surface area contributed by atoms with Gasteiger partial charge in [-0.3, -0.25) is 0 Å². The van der Waals surface area contributed by atoms with Crippen LogP contribution < -0.4 is 5.73 Å².